The van der Waals surface area contributed by atoms with Crippen LogP contribution in [0, 0.1) is 28.6 Å². The number of nitrogens with zero attached hydrogens (tertiary/aromatic N) is 2. The molecule has 0 radical (unpaired) electrons. The van der Waals surface area contributed by atoms with Crippen LogP contribution in [0.5, 0.6) is 5.75 Å². The third-order valence-corrected chi connectivity index (χ3v) is 5.82. The SMILES string of the molecule is CC(C)/[N+]([O-])=C/c1ccc(-c2cc(F)c(OCC3CCN(C(=O)OC(C)(C)C)CC3)c(F)c2)c(F)c1. The number of rotatable bonds is 6. The minimum Gasteiger partial charge on any atom is -0.624 e. The topological polar surface area (TPSA) is 64.8 Å². The molecule has 0 aliphatic carbocycles. The third kappa shape index (κ3) is 7.15. The largest absolute Gasteiger partial charge is 0.624 e. The van der Waals surface area contributed by atoms with Crippen molar-refractivity contribution in [1.29, 1.82) is 0 Å². The van der Waals surface area contributed by atoms with Gasteiger partial charge in [0.15, 0.2) is 29.6 Å². The fraction of sp³-hybridized carbons (Fsp3) is 0.481. The van der Waals surface area contributed by atoms with Crippen LogP contribution in [-0.4, -0.2) is 53.3 Å². The van der Waals surface area contributed by atoms with Gasteiger partial charge in [0, 0.05) is 24.2 Å². The molecule has 1 aliphatic heterocycles. The average molecular weight is 507 g/mol. The van der Waals surface area contributed by atoms with Crippen LogP contribution >= 0.6 is 0 Å². The van der Waals surface area contributed by atoms with Crippen molar-refractivity contribution >= 4 is 12.3 Å². The molecule has 1 amide bonds. The molecule has 1 saturated heterocycles. The molecule has 0 aromatic heterocycles. The molecule has 0 unspecified atom stereocenters. The normalized spacial score (nSPS) is 15.4. The number of hydroxylamine groups is 1. The van der Waals surface area contributed by atoms with Gasteiger partial charge in [0.1, 0.15) is 11.4 Å². The Balaban J connectivity index is 1.63. The van der Waals surface area contributed by atoms with Gasteiger partial charge in [-0.25, -0.2) is 22.7 Å². The van der Waals surface area contributed by atoms with Crippen LogP contribution in [0.1, 0.15) is 53.0 Å². The Morgan fingerprint density at radius 1 is 1.11 bits per heavy atom. The lowest BCUT2D eigenvalue weighted by Crippen LogP contribution is -2.42. The predicted octanol–water partition coefficient (Wildman–Crippen LogP) is 6.13. The number of hydrogen-bond acceptors (Lipinski definition) is 4. The van der Waals surface area contributed by atoms with Crippen molar-refractivity contribution < 1.29 is 32.2 Å². The lowest BCUT2D eigenvalue weighted by molar-refractivity contribution is -0.487. The molecule has 0 saturated carbocycles. The first-order valence-electron chi connectivity index (χ1n) is 12.0. The van der Waals surface area contributed by atoms with Gasteiger partial charge in [-0.1, -0.05) is 6.07 Å². The maximum Gasteiger partial charge on any atom is 0.410 e. The molecule has 0 spiro atoms. The van der Waals surface area contributed by atoms with Crippen molar-refractivity contribution in [3.63, 3.8) is 0 Å². The molecule has 3 rings (SSSR count). The van der Waals surface area contributed by atoms with Gasteiger partial charge in [0.05, 0.1) is 6.61 Å². The quantitative estimate of drug-likeness (QED) is 0.205. The molecule has 0 N–H and O–H groups in total. The van der Waals surface area contributed by atoms with Gasteiger partial charge in [0.2, 0.25) is 0 Å². The molecule has 196 valence electrons. The number of benzene rings is 2. The second-order valence-corrected chi connectivity index (χ2v) is 10.3. The second-order valence-electron chi connectivity index (χ2n) is 10.3. The van der Waals surface area contributed by atoms with Crippen molar-refractivity contribution in [2.75, 3.05) is 19.7 Å². The van der Waals surface area contributed by atoms with Gasteiger partial charge in [-0.05, 0) is 83.2 Å². The molecule has 1 aliphatic rings. The fourth-order valence-electron chi connectivity index (χ4n) is 3.80. The van der Waals surface area contributed by atoms with Crippen LogP contribution in [-0.2, 0) is 4.74 Å². The Morgan fingerprint density at radius 2 is 1.72 bits per heavy atom. The van der Waals surface area contributed by atoms with Crippen LogP contribution in [0.4, 0.5) is 18.0 Å². The molecular formula is C27H33F3N2O4. The minimum absolute atomic E-state index is 0.00742. The number of hydrogen-bond donors (Lipinski definition) is 0. The number of carbonyl (C=O) groups excluding carboxylic acids is 1. The average Bonchev–Trinajstić information content (AvgIpc) is 2.77. The van der Waals surface area contributed by atoms with Crippen LogP contribution < -0.4 is 4.74 Å². The highest BCUT2D eigenvalue weighted by atomic mass is 19.1. The van der Waals surface area contributed by atoms with E-state index in [1.54, 1.807) is 39.5 Å². The third-order valence-electron chi connectivity index (χ3n) is 5.82. The molecule has 1 fully saturated rings. The zero-order chi connectivity index (χ0) is 26.6. The summed E-state index contributed by atoms with van der Waals surface area (Å²) in [5.41, 5.74) is -0.199. The standard InChI is InChI=1S/C27H33F3N2O4/c1-17(2)32(34)15-19-6-7-21(22(28)12-19)20-13-23(29)25(24(30)14-20)35-16-18-8-10-31(11-9-18)26(33)36-27(3,4)5/h6-7,12-15,17-18H,8-11,16H2,1-5H3/b32-15-. The van der Waals surface area contributed by atoms with E-state index in [1.807, 2.05) is 0 Å². The zero-order valence-corrected chi connectivity index (χ0v) is 21.3. The molecule has 2 aromatic carbocycles. The van der Waals surface area contributed by atoms with E-state index < -0.39 is 28.8 Å². The van der Waals surface area contributed by atoms with E-state index in [-0.39, 0.29) is 35.8 Å². The molecule has 36 heavy (non-hydrogen) atoms. The Kier molecular flexibility index (Phi) is 8.53. The lowest BCUT2D eigenvalue weighted by atomic mass is 9.98. The van der Waals surface area contributed by atoms with Crippen LogP contribution in [0.15, 0.2) is 30.3 Å². The Morgan fingerprint density at radius 3 is 2.25 bits per heavy atom. The Bertz CT molecular complexity index is 1100. The Hall–Kier alpha value is -3.23. The van der Waals surface area contributed by atoms with E-state index >= 15 is 0 Å². The van der Waals surface area contributed by atoms with Crippen molar-refractivity contribution in [2.45, 2.75) is 59.1 Å². The van der Waals surface area contributed by atoms with Crippen molar-refractivity contribution in [1.82, 2.24) is 4.90 Å². The van der Waals surface area contributed by atoms with E-state index in [1.165, 1.54) is 18.3 Å². The summed E-state index contributed by atoms with van der Waals surface area (Å²) in [6.07, 6.45) is 2.12. The molecule has 2 aromatic rings. The number of halogens is 3. The molecular weight excluding hydrogens is 473 g/mol. The summed E-state index contributed by atoms with van der Waals surface area (Å²) < 4.78 is 55.7. The predicted molar refractivity (Wildman–Crippen MR) is 132 cm³/mol. The Labute approximate surface area is 209 Å². The van der Waals surface area contributed by atoms with Crippen molar-refractivity contribution in [3.8, 4) is 16.9 Å². The van der Waals surface area contributed by atoms with E-state index in [2.05, 4.69) is 0 Å². The van der Waals surface area contributed by atoms with Gasteiger partial charge in [0.25, 0.3) is 0 Å². The van der Waals surface area contributed by atoms with Gasteiger partial charge < -0.3 is 19.6 Å². The molecule has 0 atom stereocenters. The second kappa shape index (κ2) is 11.2. The van der Waals surface area contributed by atoms with Gasteiger partial charge in [-0.2, -0.15) is 0 Å². The van der Waals surface area contributed by atoms with E-state index in [0.717, 1.165) is 18.2 Å². The minimum atomic E-state index is -0.934. The summed E-state index contributed by atoms with van der Waals surface area (Å²) in [6, 6.07) is 5.78. The number of amides is 1. The van der Waals surface area contributed by atoms with Crippen LogP contribution in [0.25, 0.3) is 11.1 Å². The zero-order valence-electron chi connectivity index (χ0n) is 21.3. The summed E-state index contributed by atoms with van der Waals surface area (Å²) in [4.78, 5) is 13.8. The van der Waals surface area contributed by atoms with Crippen molar-refractivity contribution in [3.05, 3.63) is 58.6 Å². The highest BCUT2D eigenvalue weighted by Crippen LogP contribution is 2.31. The monoisotopic (exact) mass is 506 g/mol. The summed E-state index contributed by atoms with van der Waals surface area (Å²) in [5.74, 6) is -3.06. The fourth-order valence-corrected chi connectivity index (χ4v) is 3.80. The van der Waals surface area contributed by atoms with Crippen molar-refractivity contribution in [2.24, 2.45) is 5.92 Å². The molecule has 0 bridgehead atoms. The lowest BCUT2D eigenvalue weighted by Gasteiger charge is -2.33. The van der Waals surface area contributed by atoms with E-state index in [9.17, 15) is 23.2 Å². The van der Waals surface area contributed by atoms with Crippen LogP contribution in [0.3, 0.4) is 0 Å². The molecule has 6 nitrogen and oxygen atoms in total. The molecule has 9 heteroatoms. The smallest absolute Gasteiger partial charge is 0.410 e. The van der Waals surface area contributed by atoms with E-state index in [4.69, 9.17) is 9.47 Å². The highest BCUT2D eigenvalue weighted by Gasteiger charge is 2.27. The molecule has 1 heterocycles. The summed E-state index contributed by atoms with van der Waals surface area (Å²) in [5, 5.41) is 11.8. The number of piperidine rings is 1. The first kappa shape index (κ1) is 27.4. The summed E-state index contributed by atoms with van der Waals surface area (Å²) in [7, 11) is 0. The van der Waals surface area contributed by atoms with E-state index in [0.29, 0.717) is 36.2 Å². The van der Waals surface area contributed by atoms with Gasteiger partial charge in [-0.3, -0.25) is 0 Å². The van der Waals surface area contributed by atoms with Gasteiger partial charge >= 0.3 is 6.09 Å². The highest BCUT2D eigenvalue weighted by molar-refractivity contribution is 5.78. The first-order chi connectivity index (χ1) is 16.8. The first-order valence-corrected chi connectivity index (χ1v) is 12.0. The number of carbonyl (C=O) groups is 1. The van der Waals surface area contributed by atoms with Gasteiger partial charge in [-0.15, -0.1) is 0 Å². The summed E-state index contributed by atoms with van der Waals surface area (Å²) in [6.45, 7) is 9.86. The summed E-state index contributed by atoms with van der Waals surface area (Å²) >= 11 is 0. The number of ether oxygens (including phenoxy) is 2. The van der Waals surface area contributed by atoms with Crippen LogP contribution in [0.2, 0.25) is 0 Å². The number of likely N-dealkylation sites (tertiary alicyclic amines) is 1. The maximum atomic E-state index is 14.7. The maximum absolute atomic E-state index is 14.7.